The Hall–Kier alpha value is -3.23. The summed E-state index contributed by atoms with van der Waals surface area (Å²) in [7, 11) is 0. The maximum Gasteiger partial charge on any atom is 0.328 e. The van der Waals surface area contributed by atoms with Gasteiger partial charge in [0.1, 0.15) is 25.3 Å². The van der Waals surface area contributed by atoms with Crippen molar-refractivity contribution in [2.45, 2.75) is 51.2 Å². The largest absolute Gasteiger partial charge is 0.461 e. The van der Waals surface area contributed by atoms with E-state index in [1.165, 1.54) is 6.92 Å². The summed E-state index contributed by atoms with van der Waals surface area (Å²) in [5, 5.41) is 12.0. The van der Waals surface area contributed by atoms with Crippen LogP contribution in [0.5, 0.6) is 0 Å². The maximum absolute atomic E-state index is 12.5. The zero-order valence-corrected chi connectivity index (χ0v) is 17.4. The van der Waals surface area contributed by atoms with Crippen molar-refractivity contribution in [1.29, 1.82) is 0 Å². The lowest BCUT2D eigenvalue weighted by atomic mass is 10.1. The first-order valence-corrected chi connectivity index (χ1v) is 10.0. The van der Waals surface area contributed by atoms with Crippen LogP contribution in [0.4, 0.5) is 0 Å². The Morgan fingerprint density at radius 3 is 1.97 bits per heavy atom. The standard InChI is InChI=1S/C23H28N2O6/c1-16(26)21(24)22(28)25-19(23(29)31-15-18-10-6-3-7-11-18)12-13-20(27)30-14-17-8-4-2-5-9-17/h2-11,16,19,21,26H,12-15,24H2,1H3,(H,25,28)/t16?,19-,21-/m0/s1. The summed E-state index contributed by atoms with van der Waals surface area (Å²) in [5.74, 6) is -1.93. The molecule has 2 aromatic carbocycles. The number of aliphatic hydroxyl groups is 1. The van der Waals surface area contributed by atoms with E-state index in [0.29, 0.717) is 0 Å². The molecule has 31 heavy (non-hydrogen) atoms. The first kappa shape index (κ1) is 24.0. The molecule has 0 aliphatic carbocycles. The number of amides is 1. The molecule has 0 aliphatic heterocycles. The number of rotatable bonds is 11. The monoisotopic (exact) mass is 428 g/mol. The van der Waals surface area contributed by atoms with E-state index in [-0.39, 0.29) is 26.1 Å². The lowest BCUT2D eigenvalue weighted by molar-refractivity contribution is -0.151. The molecule has 0 heterocycles. The summed E-state index contributed by atoms with van der Waals surface area (Å²) in [6, 6.07) is 15.9. The molecule has 166 valence electrons. The molecule has 1 amide bonds. The van der Waals surface area contributed by atoms with E-state index in [1.807, 2.05) is 48.5 Å². The van der Waals surface area contributed by atoms with Crippen molar-refractivity contribution in [2.24, 2.45) is 5.73 Å². The van der Waals surface area contributed by atoms with Gasteiger partial charge in [-0.05, 0) is 24.5 Å². The average molecular weight is 428 g/mol. The number of benzene rings is 2. The van der Waals surface area contributed by atoms with Gasteiger partial charge in [0.2, 0.25) is 5.91 Å². The van der Waals surface area contributed by atoms with Gasteiger partial charge in [-0.1, -0.05) is 60.7 Å². The third kappa shape index (κ3) is 8.57. The van der Waals surface area contributed by atoms with Gasteiger partial charge >= 0.3 is 11.9 Å². The molecule has 0 aromatic heterocycles. The molecular weight excluding hydrogens is 400 g/mol. The molecule has 0 saturated carbocycles. The van der Waals surface area contributed by atoms with Gasteiger partial charge in [0.25, 0.3) is 0 Å². The van der Waals surface area contributed by atoms with E-state index in [0.717, 1.165) is 11.1 Å². The van der Waals surface area contributed by atoms with Crippen molar-refractivity contribution in [1.82, 2.24) is 5.32 Å². The third-order valence-corrected chi connectivity index (χ3v) is 4.53. The predicted molar refractivity (Wildman–Crippen MR) is 113 cm³/mol. The van der Waals surface area contributed by atoms with Crippen LogP contribution >= 0.6 is 0 Å². The van der Waals surface area contributed by atoms with E-state index in [2.05, 4.69) is 5.32 Å². The van der Waals surface area contributed by atoms with E-state index in [4.69, 9.17) is 15.2 Å². The Morgan fingerprint density at radius 2 is 1.45 bits per heavy atom. The highest BCUT2D eigenvalue weighted by Crippen LogP contribution is 2.08. The van der Waals surface area contributed by atoms with Gasteiger partial charge < -0.3 is 25.6 Å². The first-order valence-electron chi connectivity index (χ1n) is 10.0. The molecule has 2 rings (SSSR count). The van der Waals surface area contributed by atoms with Crippen LogP contribution in [0.3, 0.4) is 0 Å². The minimum atomic E-state index is -1.21. The molecule has 0 spiro atoms. The molecule has 0 fully saturated rings. The smallest absolute Gasteiger partial charge is 0.328 e. The van der Waals surface area contributed by atoms with Crippen molar-refractivity contribution in [3.8, 4) is 0 Å². The van der Waals surface area contributed by atoms with Gasteiger partial charge in [0.15, 0.2) is 0 Å². The minimum Gasteiger partial charge on any atom is -0.461 e. The topological polar surface area (TPSA) is 128 Å². The number of carbonyl (C=O) groups is 3. The Kier molecular flexibility index (Phi) is 9.67. The van der Waals surface area contributed by atoms with Crippen LogP contribution in [0.15, 0.2) is 60.7 Å². The minimum absolute atomic E-state index is 0.0208. The number of nitrogens with one attached hydrogen (secondary N) is 1. The fourth-order valence-corrected chi connectivity index (χ4v) is 2.64. The van der Waals surface area contributed by atoms with Gasteiger partial charge in [-0.3, -0.25) is 9.59 Å². The molecule has 0 bridgehead atoms. The highest BCUT2D eigenvalue weighted by molar-refractivity contribution is 5.88. The van der Waals surface area contributed by atoms with Crippen molar-refractivity contribution in [3.05, 3.63) is 71.8 Å². The second-order valence-corrected chi connectivity index (χ2v) is 7.11. The average Bonchev–Trinajstić information content (AvgIpc) is 2.79. The van der Waals surface area contributed by atoms with Crippen LogP contribution < -0.4 is 11.1 Å². The van der Waals surface area contributed by atoms with Crippen molar-refractivity contribution in [3.63, 3.8) is 0 Å². The highest BCUT2D eigenvalue weighted by atomic mass is 16.5. The number of nitrogens with two attached hydrogens (primary N) is 1. The first-order chi connectivity index (χ1) is 14.9. The van der Waals surface area contributed by atoms with Crippen LogP contribution in [-0.2, 0) is 37.1 Å². The normalized spacial score (nSPS) is 13.5. The van der Waals surface area contributed by atoms with E-state index in [1.54, 1.807) is 12.1 Å². The molecule has 0 radical (unpaired) electrons. The second kappa shape index (κ2) is 12.5. The van der Waals surface area contributed by atoms with Crippen molar-refractivity contribution in [2.75, 3.05) is 0 Å². The van der Waals surface area contributed by atoms with Gasteiger partial charge in [-0.2, -0.15) is 0 Å². The number of ether oxygens (including phenoxy) is 2. The maximum atomic E-state index is 12.5. The van der Waals surface area contributed by atoms with Gasteiger partial charge in [0.05, 0.1) is 6.10 Å². The summed E-state index contributed by atoms with van der Waals surface area (Å²) >= 11 is 0. The van der Waals surface area contributed by atoms with E-state index in [9.17, 15) is 19.5 Å². The zero-order chi connectivity index (χ0) is 22.6. The number of carbonyl (C=O) groups excluding carboxylic acids is 3. The molecule has 4 N–H and O–H groups in total. The summed E-state index contributed by atoms with van der Waals surface area (Å²) in [5.41, 5.74) is 7.26. The van der Waals surface area contributed by atoms with Crippen molar-refractivity contribution >= 4 is 17.8 Å². The number of aliphatic hydroxyl groups excluding tert-OH is 1. The van der Waals surface area contributed by atoms with Gasteiger partial charge in [0, 0.05) is 6.42 Å². The molecule has 3 atom stereocenters. The number of esters is 2. The highest BCUT2D eigenvalue weighted by Gasteiger charge is 2.27. The quantitative estimate of drug-likeness (QED) is 0.462. The summed E-state index contributed by atoms with van der Waals surface area (Å²) in [6.07, 6.45) is -1.24. The fraction of sp³-hybridized carbons (Fsp3) is 0.348. The van der Waals surface area contributed by atoms with Crippen LogP contribution in [0, 0.1) is 0 Å². The predicted octanol–water partition coefficient (Wildman–Crippen LogP) is 1.45. The Bertz CT molecular complexity index is 842. The molecule has 0 aliphatic rings. The molecule has 8 heteroatoms. The SMILES string of the molecule is CC(O)[C@H](N)C(=O)N[C@@H](CCC(=O)OCc1ccccc1)C(=O)OCc1ccccc1. The van der Waals surface area contributed by atoms with Crippen LogP contribution in [-0.4, -0.2) is 41.1 Å². The molecule has 2 aromatic rings. The molecule has 0 saturated heterocycles. The Morgan fingerprint density at radius 1 is 0.935 bits per heavy atom. The zero-order valence-electron chi connectivity index (χ0n) is 17.4. The van der Waals surface area contributed by atoms with E-state index >= 15 is 0 Å². The third-order valence-electron chi connectivity index (χ3n) is 4.53. The number of hydrogen-bond acceptors (Lipinski definition) is 7. The number of hydrogen-bond donors (Lipinski definition) is 3. The lowest BCUT2D eigenvalue weighted by Crippen LogP contribution is -2.52. The summed E-state index contributed by atoms with van der Waals surface area (Å²) in [6.45, 7) is 1.50. The van der Waals surface area contributed by atoms with Crippen LogP contribution in [0.2, 0.25) is 0 Å². The lowest BCUT2D eigenvalue weighted by Gasteiger charge is -2.21. The molecule has 1 unspecified atom stereocenters. The van der Waals surface area contributed by atoms with Crippen molar-refractivity contribution < 1.29 is 29.0 Å². The van der Waals surface area contributed by atoms with Gasteiger partial charge in [-0.25, -0.2) is 4.79 Å². The van der Waals surface area contributed by atoms with Crippen LogP contribution in [0.1, 0.15) is 30.9 Å². The Labute approximate surface area is 181 Å². The van der Waals surface area contributed by atoms with Crippen LogP contribution in [0.25, 0.3) is 0 Å². The van der Waals surface area contributed by atoms with E-state index < -0.39 is 36.0 Å². The summed E-state index contributed by atoms with van der Waals surface area (Å²) in [4.78, 5) is 36.9. The second-order valence-electron chi connectivity index (χ2n) is 7.11. The Balaban J connectivity index is 1.92. The van der Waals surface area contributed by atoms with Gasteiger partial charge in [-0.15, -0.1) is 0 Å². The molecular formula is C23H28N2O6. The summed E-state index contributed by atoms with van der Waals surface area (Å²) < 4.78 is 10.5. The molecule has 8 nitrogen and oxygen atoms in total. The fourth-order valence-electron chi connectivity index (χ4n) is 2.64.